The Balaban J connectivity index is 1.27. The van der Waals surface area contributed by atoms with Gasteiger partial charge in [-0.25, -0.2) is 9.18 Å². The van der Waals surface area contributed by atoms with Crippen molar-refractivity contribution in [1.82, 2.24) is 15.5 Å². The van der Waals surface area contributed by atoms with Crippen molar-refractivity contribution in [3.63, 3.8) is 0 Å². The summed E-state index contributed by atoms with van der Waals surface area (Å²) in [7, 11) is 0. The van der Waals surface area contributed by atoms with Crippen LogP contribution in [0.5, 0.6) is 0 Å². The van der Waals surface area contributed by atoms with Gasteiger partial charge in [-0.2, -0.15) is 0 Å². The van der Waals surface area contributed by atoms with E-state index >= 15 is 0 Å². The average molecular weight is 395 g/mol. The van der Waals surface area contributed by atoms with Gasteiger partial charge >= 0.3 is 6.03 Å². The first-order valence-corrected chi connectivity index (χ1v) is 9.96. The molecule has 1 aliphatic carbocycles. The molecule has 2 aliphatic heterocycles. The van der Waals surface area contributed by atoms with E-state index in [4.69, 9.17) is 11.6 Å². The molecule has 1 saturated carbocycles. The van der Waals surface area contributed by atoms with Gasteiger partial charge in [-0.3, -0.25) is 4.79 Å². The molecule has 6 nitrogen and oxygen atoms in total. The molecule has 146 valence electrons. The minimum atomic E-state index is -0.569. The van der Waals surface area contributed by atoms with Crippen LogP contribution in [0.1, 0.15) is 32.1 Å². The Morgan fingerprint density at radius 1 is 1.07 bits per heavy atom. The molecule has 2 saturated heterocycles. The fourth-order valence-electron chi connectivity index (χ4n) is 3.96. The van der Waals surface area contributed by atoms with E-state index in [9.17, 15) is 14.0 Å². The molecule has 8 heteroatoms. The highest BCUT2D eigenvalue weighted by molar-refractivity contribution is 6.31. The minimum absolute atomic E-state index is 0.0213. The zero-order valence-corrected chi connectivity index (χ0v) is 15.8. The van der Waals surface area contributed by atoms with Crippen LogP contribution in [0.15, 0.2) is 18.2 Å². The predicted molar refractivity (Wildman–Crippen MR) is 101 cm³/mol. The van der Waals surface area contributed by atoms with Gasteiger partial charge in [0.25, 0.3) is 0 Å². The Morgan fingerprint density at radius 3 is 2.48 bits per heavy atom. The summed E-state index contributed by atoms with van der Waals surface area (Å²) in [6.45, 7) is 2.51. The SMILES string of the molecule is O=C(NC1CCN(C2CC2)CC1)NC1CCN(c2ccc(F)c(Cl)c2)C1=O. The van der Waals surface area contributed by atoms with E-state index < -0.39 is 11.9 Å². The monoisotopic (exact) mass is 394 g/mol. The fourth-order valence-corrected chi connectivity index (χ4v) is 4.13. The van der Waals surface area contributed by atoms with Crippen LogP contribution >= 0.6 is 11.6 Å². The number of nitrogens with zero attached hydrogens (tertiary/aromatic N) is 2. The molecule has 0 aromatic heterocycles. The number of likely N-dealkylation sites (tertiary alicyclic amines) is 1. The molecule has 1 aromatic carbocycles. The van der Waals surface area contributed by atoms with E-state index in [0.717, 1.165) is 32.0 Å². The van der Waals surface area contributed by atoms with Crippen molar-refractivity contribution >= 4 is 29.2 Å². The lowest BCUT2D eigenvalue weighted by molar-refractivity contribution is -0.118. The Labute approximate surface area is 163 Å². The average Bonchev–Trinajstić information content (AvgIpc) is 3.44. The second kappa shape index (κ2) is 7.64. The lowest BCUT2D eigenvalue weighted by Crippen LogP contribution is -2.51. The number of piperidine rings is 1. The molecule has 1 unspecified atom stereocenters. The molecule has 3 amide bonds. The second-order valence-electron chi connectivity index (χ2n) is 7.59. The maximum Gasteiger partial charge on any atom is 0.315 e. The third-order valence-corrected chi connectivity index (χ3v) is 5.94. The molecule has 2 N–H and O–H groups in total. The number of carbonyl (C=O) groups excluding carboxylic acids is 2. The van der Waals surface area contributed by atoms with Gasteiger partial charge in [0.2, 0.25) is 5.91 Å². The molecule has 2 heterocycles. The van der Waals surface area contributed by atoms with Gasteiger partial charge in [0.1, 0.15) is 11.9 Å². The summed E-state index contributed by atoms with van der Waals surface area (Å²) >= 11 is 5.81. The molecule has 3 aliphatic rings. The summed E-state index contributed by atoms with van der Waals surface area (Å²) in [6.07, 6.45) is 5.02. The van der Waals surface area contributed by atoms with Crippen LogP contribution in [-0.4, -0.2) is 54.6 Å². The summed E-state index contributed by atoms with van der Waals surface area (Å²) < 4.78 is 13.3. The lowest BCUT2D eigenvalue weighted by atomic mass is 10.1. The van der Waals surface area contributed by atoms with Crippen LogP contribution < -0.4 is 15.5 Å². The number of urea groups is 1. The lowest BCUT2D eigenvalue weighted by Gasteiger charge is -2.32. The van der Waals surface area contributed by atoms with Crippen LogP contribution in [0, 0.1) is 5.82 Å². The number of halogens is 2. The summed E-state index contributed by atoms with van der Waals surface area (Å²) in [5.41, 5.74) is 0.545. The van der Waals surface area contributed by atoms with Gasteiger partial charge in [0, 0.05) is 37.4 Å². The Kier molecular flexibility index (Phi) is 5.23. The standard InChI is InChI=1S/C19H24ClFN4O2/c20-15-11-14(3-4-16(15)21)25-10-7-17(18(25)26)23-19(27)22-12-5-8-24(9-6-12)13-1-2-13/h3-4,11-13,17H,1-2,5-10H2,(H2,22,23,27). The second-order valence-corrected chi connectivity index (χ2v) is 8.00. The Morgan fingerprint density at radius 2 is 1.81 bits per heavy atom. The van der Waals surface area contributed by atoms with Gasteiger partial charge in [0.05, 0.1) is 5.02 Å². The number of hydrogen-bond donors (Lipinski definition) is 2. The van der Waals surface area contributed by atoms with Crippen molar-refractivity contribution in [3.05, 3.63) is 29.0 Å². The van der Waals surface area contributed by atoms with Crippen LogP contribution in [0.4, 0.5) is 14.9 Å². The van der Waals surface area contributed by atoms with Crippen LogP contribution in [0.25, 0.3) is 0 Å². The predicted octanol–water partition coefficient (Wildman–Crippen LogP) is 2.51. The van der Waals surface area contributed by atoms with E-state index in [0.29, 0.717) is 18.7 Å². The summed E-state index contributed by atoms with van der Waals surface area (Å²) in [6, 6.07) is 4.26. The number of anilines is 1. The Hall–Kier alpha value is -1.86. The highest BCUT2D eigenvalue weighted by Gasteiger charge is 2.35. The quantitative estimate of drug-likeness (QED) is 0.824. The molecule has 0 spiro atoms. The van der Waals surface area contributed by atoms with Gasteiger partial charge in [-0.1, -0.05) is 11.6 Å². The first kappa shape index (κ1) is 18.5. The van der Waals surface area contributed by atoms with Gasteiger partial charge in [-0.15, -0.1) is 0 Å². The zero-order chi connectivity index (χ0) is 19.0. The summed E-state index contributed by atoms with van der Waals surface area (Å²) in [5.74, 6) is -0.717. The molecular weight excluding hydrogens is 371 g/mol. The Bertz CT molecular complexity index is 734. The first-order valence-electron chi connectivity index (χ1n) is 9.59. The number of rotatable bonds is 4. The zero-order valence-electron chi connectivity index (χ0n) is 15.1. The van der Waals surface area contributed by atoms with E-state index in [1.54, 1.807) is 0 Å². The highest BCUT2D eigenvalue weighted by Crippen LogP contribution is 2.29. The van der Waals surface area contributed by atoms with Crippen molar-refractivity contribution in [2.75, 3.05) is 24.5 Å². The topological polar surface area (TPSA) is 64.7 Å². The largest absolute Gasteiger partial charge is 0.335 e. The van der Waals surface area contributed by atoms with Crippen molar-refractivity contribution in [3.8, 4) is 0 Å². The van der Waals surface area contributed by atoms with Crippen LogP contribution in [-0.2, 0) is 4.79 Å². The third-order valence-electron chi connectivity index (χ3n) is 5.65. The van der Waals surface area contributed by atoms with Gasteiger partial charge < -0.3 is 20.4 Å². The number of nitrogens with one attached hydrogen (secondary N) is 2. The maximum absolute atomic E-state index is 13.3. The molecule has 0 radical (unpaired) electrons. The van der Waals surface area contributed by atoms with E-state index in [1.807, 2.05) is 0 Å². The van der Waals surface area contributed by atoms with Crippen molar-refractivity contribution in [2.24, 2.45) is 0 Å². The van der Waals surface area contributed by atoms with Crippen molar-refractivity contribution in [1.29, 1.82) is 0 Å². The summed E-state index contributed by atoms with van der Waals surface area (Å²) in [4.78, 5) is 28.9. The molecular formula is C19H24ClFN4O2. The van der Waals surface area contributed by atoms with Crippen molar-refractivity contribution < 1.29 is 14.0 Å². The molecule has 3 fully saturated rings. The fraction of sp³-hybridized carbons (Fsp3) is 0.579. The number of amides is 3. The molecule has 1 aromatic rings. The normalized spacial score (nSPS) is 24.3. The first-order chi connectivity index (χ1) is 13.0. The van der Waals surface area contributed by atoms with E-state index in [2.05, 4.69) is 15.5 Å². The number of hydrogen-bond acceptors (Lipinski definition) is 3. The van der Waals surface area contributed by atoms with Gasteiger partial charge in [0.15, 0.2) is 0 Å². The van der Waals surface area contributed by atoms with Gasteiger partial charge in [-0.05, 0) is 50.3 Å². The van der Waals surface area contributed by atoms with Crippen molar-refractivity contribution in [2.45, 2.75) is 50.2 Å². The minimum Gasteiger partial charge on any atom is -0.335 e. The smallest absolute Gasteiger partial charge is 0.315 e. The molecule has 1 atom stereocenters. The van der Waals surface area contributed by atoms with E-state index in [1.165, 1.54) is 35.9 Å². The number of carbonyl (C=O) groups is 2. The van der Waals surface area contributed by atoms with E-state index in [-0.39, 0.29) is 23.0 Å². The number of benzene rings is 1. The van der Waals surface area contributed by atoms with Crippen LogP contribution in [0.2, 0.25) is 5.02 Å². The highest BCUT2D eigenvalue weighted by atomic mass is 35.5. The third kappa shape index (κ3) is 4.19. The maximum atomic E-state index is 13.3. The molecule has 27 heavy (non-hydrogen) atoms. The summed E-state index contributed by atoms with van der Waals surface area (Å²) in [5, 5.41) is 5.76. The molecule has 0 bridgehead atoms. The van der Waals surface area contributed by atoms with Crippen LogP contribution in [0.3, 0.4) is 0 Å². The molecule has 4 rings (SSSR count).